The molecule has 6 heteroatoms. The maximum Gasteiger partial charge on any atom is 0.404 e. The van der Waals surface area contributed by atoms with Crippen LogP contribution in [-0.2, 0) is 17.6 Å². The van der Waals surface area contributed by atoms with Crippen LogP contribution in [0.3, 0.4) is 0 Å². The van der Waals surface area contributed by atoms with E-state index in [0.717, 1.165) is 24.8 Å². The van der Waals surface area contributed by atoms with Crippen LogP contribution in [0.1, 0.15) is 42.9 Å². The first-order chi connectivity index (χ1) is 13.1. The summed E-state index contributed by atoms with van der Waals surface area (Å²) in [6, 6.07) is 14.1. The van der Waals surface area contributed by atoms with Crippen LogP contribution in [0, 0.1) is 0 Å². The lowest BCUT2D eigenvalue weighted by molar-refractivity contribution is 0.101. The van der Waals surface area contributed by atoms with E-state index in [4.69, 9.17) is 21.9 Å². The van der Waals surface area contributed by atoms with Gasteiger partial charge in [0.15, 0.2) is 0 Å². The molecule has 0 aliphatic heterocycles. The lowest BCUT2D eigenvalue weighted by Crippen LogP contribution is -2.31. The van der Waals surface area contributed by atoms with Gasteiger partial charge in [-0.15, -0.1) is 0 Å². The number of fused-ring (bicyclic) bond motifs is 3. The van der Waals surface area contributed by atoms with Crippen LogP contribution in [0.15, 0.2) is 47.6 Å². The lowest BCUT2D eigenvalue weighted by Gasteiger charge is -2.24. The minimum atomic E-state index is -0.870. The molecule has 0 saturated heterocycles. The summed E-state index contributed by atoms with van der Waals surface area (Å²) in [5.74, 6) is 0. The molecular formula is C21H22ClN3O2. The third-order valence-corrected chi connectivity index (χ3v) is 5.18. The molecule has 3 rings (SSSR count). The van der Waals surface area contributed by atoms with E-state index in [1.54, 1.807) is 0 Å². The Balaban J connectivity index is 1.91. The maximum absolute atomic E-state index is 11.4. The number of azide groups is 1. The van der Waals surface area contributed by atoms with Gasteiger partial charge in [0.05, 0.1) is 6.04 Å². The minimum absolute atomic E-state index is 0.433. The zero-order chi connectivity index (χ0) is 19.2. The standard InChI is InChI=1S/C21H22ClN3O2/c1-2-3-11-19(24-25-23)20(27-21(22)26)13-15-8-6-10-17-16-9-5-4-7-14(16)12-18(15)17/h4-10,19-20H,2-3,11-13H2,1H3. The Labute approximate surface area is 163 Å². The number of hydrogen-bond donors (Lipinski definition) is 0. The van der Waals surface area contributed by atoms with Crippen molar-refractivity contribution in [3.05, 3.63) is 69.6 Å². The molecule has 2 unspecified atom stereocenters. The average molecular weight is 384 g/mol. The fourth-order valence-corrected chi connectivity index (χ4v) is 3.92. The number of unbranched alkanes of at least 4 members (excludes halogenated alkanes) is 1. The highest BCUT2D eigenvalue weighted by Gasteiger charge is 2.27. The van der Waals surface area contributed by atoms with Crippen LogP contribution in [0.4, 0.5) is 4.79 Å². The molecule has 2 aromatic rings. The second-order valence-electron chi connectivity index (χ2n) is 6.79. The van der Waals surface area contributed by atoms with Gasteiger partial charge in [0.25, 0.3) is 0 Å². The molecule has 2 aromatic carbocycles. The fraction of sp³-hybridized carbons (Fsp3) is 0.381. The molecule has 27 heavy (non-hydrogen) atoms. The minimum Gasteiger partial charge on any atom is -0.450 e. The summed E-state index contributed by atoms with van der Waals surface area (Å²) in [6.45, 7) is 2.07. The normalized spacial score (nSPS) is 13.9. The molecule has 1 aliphatic carbocycles. The zero-order valence-corrected chi connectivity index (χ0v) is 16.0. The van der Waals surface area contributed by atoms with Gasteiger partial charge in [-0.1, -0.05) is 67.3 Å². The quantitative estimate of drug-likeness (QED) is 0.195. The Morgan fingerprint density at radius 1 is 1.26 bits per heavy atom. The molecule has 1 aliphatic rings. The molecule has 5 nitrogen and oxygen atoms in total. The Morgan fingerprint density at radius 3 is 2.78 bits per heavy atom. The van der Waals surface area contributed by atoms with Crippen LogP contribution in [0.25, 0.3) is 21.6 Å². The summed E-state index contributed by atoms with van der Waals surface area (Å²) in [4.78, 5) is 14.4. The molecule has 0 spiro atoms. The monoisotopic (exact) mass is 383 g/mol. The highest BCUT2D eigenvalue weighted by molar-refractivity contribution is 6.61. The second-order valence-corrected chi connectivity index (χ2v) is 7.10. The number of carbonyl (C=O) groups excluding carboxylic acids is 1. The highest BCUT2D eigenvalue weighted by Crippen LogP contribution is 2.38. The van der Waals surface area contributed by atoms with Crippen LogP contribution in [0.5, 0.6) is 0 Å². The van der Waals surface area contributed by atoms with Crippen molar-refractivity contribution in [1.82, 2.24) is 0 Å². The predicted molar refractivity (Wildman–Crippen MR) is 107 cm³/mol. The molecule has 0 bridgehead atoms. The molecule has 2 atom stereocenters. The van der Waals surface area contributed by atoms with Gasteiger partial charge in [-0.3, -0.25) is 0 Å². The first-order valence-corrected chi connectivity index (χ1v) is 9.61. The largest absolute Gasteiger partial charge is 0.450 e. The van der Waals surface area contributed by atoms with Crippen molar-refractivity contribution in [2.24, 2.45) is 5.11 Å². The number of halogens is 1. The van der Waals surface area contributed by atoms with E-state index in [-0.39, 0.29) is 0 Å². The number of nitrogens with zero attached hydrogens (tertiary/aromatic N) is 3. The van der Waals surface area contributed by atoms with Crippen molar-refractivity contribution in [2.45, 2.75) is 51.2 Å². The van der Waals surface area contributed by atoms with Crippen LogP contribution in [0.2, 0.25) is 0 Å². The number of carbonyl (C=O) groups is 1. The van der Waals surface area contributed by atoms with Gasteiger partial charge < -0.3 is 4.74 Å². The van der Waals surface area contributed by atoms with Crippen molar-refractivity contribution in [3.63, 3.8) is 0 Å². The Bertz CT molecular complexity index is 877. The number of rotatable bonds is 8. The lowest BCUT2D eigenvalue weighted by atomic mass is 9.93. The second kappa shape index (κ2) is 8.94. The predicted octanol–water partition coefficient (Wildman–Crippen LogP) is 6.41. The SMILES string of the molecule is CCCCC(N=[N+]=[N-])C(Cc1cccc2c1Cc1ccccc1-2)OC(=O)Cl. The topological polar surface area (TPSA) is 75.1 Å². The zero-order valence-electron chi connectivity index (χ0n) is 15.3. The highest BCUT2D eigenvalue weighted by atomic mass is 35.5. The maximum atomic E-state index is 11.4. The molecule has 0 N–H and O–H groups in total. The van der Waals surface area contributed by atoms with E-state index in [1.165, 1.54) is 22.3 Å². The van der Waals surface area contributed by atoms with E-state index < -0.39 is 17.6 Å². The van der Waals surface area contributed by atoms with E-state index >= 15 is 0 Å². The van der Waals surface area contributed by atoms with Crippen molar-refractivity contribution >= 4 is 17.0 Å². The van der Waals surface area contributed by atoms with Gasteiger partial charge >= 0.3 is 5.43 Å². The summed E-state index contributed by atoms with van der Waals surface area (Å²) in [5, 5.41) is 3.89. The average Bonchev–Trinajstić information content (AvgIpc) is 3.04. The Morgan fingerprint density at radius 2 is 2.04 bits per heavy atom. The van der Waals surface area contributed by atoms with Crippen molar-refractivity contribution < 1.29 is 9.53 Å². The molecule has 140 valence electrons. The van der Waals surface area contributed by atoms with Gasteiger partial charge in [0.1, 0.15) is 6.10 Å². The van der Waals surface area contributed by atoms with Gasteiger partial charge in [-0.05, 0) is 46.2 Å². The molecule has 0 heterocycles. The van der Waals surface area contributed by atoms with Gasteiger partial charge in [-0.2, -0.15) is 0 Å². The summed E-state index contributed by atoms with van der Waals surface area (Å²) in [6.07, 6.45) is 3.26. The van der Waals surface area contributed by atoms with Gasteiger partial charge in [0.2, 0.25) is 0 Å². The Kier molecular flexibility index (Phi) is 6.38. The summed E-state index contributed by atoms with van der Waals surface area (Å²) < 4.78 is 5.36. The molecule has 0 fully saturated rings. The van der Waals surface area contributed by atoms with E-state index in [1.807, 2.05) is 24.3 Å². The molecule has 0 saturated carbocycles. The molecular weight excluding hydrogens is 362 g/mol. The van der Waals surface area contributed by atoms with E-state index in [0.29, 0.717) is 12.8 Å². The van der Waals surface area contributed by atoms with Gasteiger partial charge in [0, 0.05) is 22.9 Å². The summed E-state index contributed by atoms with van der Waals surface area (Å²) in [5.41, 5.74) is 14.2. The molecule has 0 amide bonds. The van der Waals surface area contributed by atoms with Crippen molar-refractivity contribution in [1.29, 1.82) is 0 Å². The summed E-state index contributed by atoms with van der Waals surface area (Å²) in [7, 11) is 0. The molecule has 0 radical (unpaired) electrons. The van der Waals surface area contributed by atoms with E-state index in [2.05, 4.69) is 35.1 Å². The van der Waals surface area contributed by atoms with Crippen LogP contribution in [-0.4, -0.2) is 17.6 Å². The number of benzene rings is 2. The van der Waals surface area contributed by atoms with Crippen LogP contribution >= 0.6 is 11.6 Å². The van der Waals surface area contributed by atoms with Gasteiger partial charge in [-0.25, -0.2) is 4.79 Å². The summed E-state index contributed by atoms with van der Waals surface area (Å²) >= 11 is 5.51. The van der Waals surface area contributed by atoms with E-state index in [9.17, 15) is 4.79 Å². The van der Waals surface area contributed by atoms with Crippen LogP contribution < -0.4 is 0 Å². The third-order valence-electron chi connectivity index (χ3n) is 5.10. The Hall–Kier alpha value is -2.49. The van der Waals surface area contributed by atoms with Crippen molar-refractivity contribution in [3.8, 4) is 11.1 Å². The first-order valence-electron chi connectivity index (χ1n) is 9.23. The van der Waals surface area contributed by atoms with Crippen molar-refractivity contribution in [2.75, 3.05) is 0 Å². The molecule has 0 aromatic heterocycles. The number of hydrogen-bond acceptors (Lipinski definition) is 3. The number of ether oxygens (including phenoxy) is 1. The smallest absolute Gasteiger partial charge is 0.404 e. The first kappa shape index (κ1) is 19.3. The third kappa shape index (κ3) is 4.44. The fourth-order valence-electron chi connectivity index (χ4n) is 3.80.